The van der Waals surface area contributed by atoms with Gasteiger partial charge in [-0.2, -0.15) is 0 Å². The first-order valence-electron chi connectivity index (χ1n) is 11.2. The Bertz CT molecular complexity index is 1010. The standard InChI is InChI=1S/C24H29NO7S/c1-28-24-20(25-12-14-29-15-13-25)22(33(26,27)18-10-6-3-7-11-18)21-19(31-24)16-30-23(32-21)17-8-4-2-5-9-17/h2-11,19-24H,12-16H2,1H3/t19-,20+,21-,22-,23?,24+/m1/s1. The normalized spacial score (nSPS) is 33.4. The lowest BCUT2D eigenvalue weighted by molar-refractivity contribution is -0.325. The van der Waals surface area contributed by atoms with Crippen LogP contribution in [0.4, 0.5) is 0 Å². The molecule has 178 valence electrons. The molecule has 3 saturated heterocycles. The van der Waals surface area contributed by atoms with Gasteiger partial charge >= 0.3 is 0 Å². The Morgan fingerprint density at radius 1 is 0.939 bits per heavy atom. The van der Waals surface area contributed by atoms with Gasteiger partial charge in [0.25, 0.3) is 0 Å². The summed E-state index contributed by atoms with van der Waals surface area (Å²) < 4.78 is 58.0. The lowest BCUT2D eigenvalue weighted by Gasteiger charge is -2.52. The van der Waals surface area contributed by atoms with E-state index in [0.29, 0.717) is 26.3 Å². The molecular formula is C24H29NO7S. The molecule has 2 aromatic carbocycles. The Hall–Kier alpha value is -1.85. The third-order valence-electron chi connectivity index (χ3n) is 6.51. The predicted octanol–water partition coefficient (Wildman–Crippen LogP) is 2.02. The zero-order chi connectivity index (χ0) is 22.8. The molecule has 0 saturated carbocycles. The summed E-state index contributed by atoms with van der Waals surface area (Å²) in [6.07, 6.45) is -2.72. The number of rotatable bonds is 5. The maximum atomic E-state index is 14.1. The Kier molecular flexibility index (Phi) is 6.80. The molecule has 0 aliphatic carbocycles. The van der Waals surface area contributed by atoms with E-state index in [1.807, 2.05) is 30.3 Å². The summed E-state index contributed by atoms with van der Waals surface area (Å²) in [6, 6.07) is 17.5. The Balaban J connectivity index is 1.56. The summed E-state index contributed by atoms with van der Waals surface area (Å²) in [5.74, 6) is 0. The quantitative estimate of drug-likeness (QED) is 0.650. The molecule has 3 aliphatic rings. The second-order valence-corrected chi connectivity index (χ2v) is 10.5. The lowest BCUT2D eigenvalue weighted by atomic mass is 9.96. The van der Waals surface area contributed by atoms with Crippen LogP contribution in [0.3, 0.4) is 0 Å². The number of morpholine rings is 1. The maximum Gasteiger partial charge on any atom is 0.185 e. The van der Waals surface area contributed by atoms with Gasteiger partial charge in [-0.25, -0.2) is 8.42 Å². The second-order valence-electron chi connectivity index (χ2n) is 8.42. The molecule has 3 fully saturated rings. The van der Waals surface area contributed by atoms with Crippen molar-refractivity contribution in [2.24, 2.45) is 0 Å². The summed E-state index contributed by atoms with van der Waals surface area (Å²) in [6.45, 7) is 2.43. The van der Waals surface area contributed by atoms with Gasteiger partial charge in [-0.1, -0.05) is 48.5 Å². The van der Waals surface area contributed by atoms with E-state index in [-0.39, 0.29) is 11.5 Å². The first kappa shape index (κ1) is 22.9. The lowest BCUT2D eigenvalue weighted by Crippen LogP contribution is -2.69. The van der Waals surface area contributed by atoms with Gasteiger partial charge in [0, 0.05) is 25.8 Å². The van der Waals surface area contributed by atoms with Crippen LogP contribution in [0.25, 0.3) is 0 Å². The van der Waals surface area contributed by atoms with Crippen LogP contribution in [0, 0.1) is 0 Å². The number of fused-ring (bicyclic) bond motifs is 1. The van der Waals surface area contributed by atoms with Crippen molar-refractivity contribution in [2.75, 3.05) is 40.0 Å². The largest absolute Gasteiger partial charge is 0.379 e. The maximum absolute atomic E-state index is 14.1. The number of methoxy groups -OCH3 is 1. The highest BCUT2D eigenvalue weighted by Crippen LogP contribution is 2.40. The number of benzene rings is 2. The van der Waals surface area contributed by atoms with Gasteiger partial charge in [-0.3, -0.25) is 4.90 Å². The second kappa shape index (κ2) is 9.79. The summed E-state index contributed by atoms with van der Waals surface area (Å²) in [7, 11) is -2.26. The molecule has 1 unspecified atom stereocenters. The monoisotopic (exact) mass is 475 g/mol. The molecule has 2 aromatic rings. The minimum Gasteiger partial charge on any atom is -0.379 e. The van der Waals surface area contributed by atoms with Crippen LogP contribution in [0.5, 0.6) is 0 Å². The zero-order valence-electron chi connectivity index (χ0n) is 18.5. The fraction of sp³-hybridized carbons (Fsp3) is 0.500. The van der Waals surface area contributed by atoms with Crippen LogP contribution in [-0.4, -0.2) is 83.1 Å². The fourth-order valence-electron chi connectivity index (χ4n) is 4.92. The molecular weight excluding hydrogens is 446 g/mol. The minimum atomic E-state index is -3.80. The van der Waals surface area contributed by atoms with Crippen LogP contribution in [0.1, 0.15) is 11.9 Å². The van der Waals surface area contributed by atoms with Gasteiger partial charge in [0.15, 0.2) is 22.4 Å². The first-order chi connectivity index (χ1) is 16.1. The zero-order valence-corrected chi connectivity index (χ0v) is 19.3. The minimum absolute atomic E-state index is 0.209. The molecule has 3 heterocycles. The highest BCUT2D eigenvalue weighted by atomic mass is 32.2. The SMILES string of the molecule is CO[C@H]1O[C@@H]2COC(c3ccccc3)O[C@H]2[C@H](S(=O)(=O)c2ccccc2)[C@@H]1N1CCOCC1. The summed E-state index contributed by atoms with van der Waals surface area (Å²) in [4.78, 5) is 2.35. The molecule has 33 heavy (non-hydrogen) atoms. The molecule has 0 aromatic heterocycles. The van der Waals surface area contributed by atoms with Crippen molar-refractivity contribution in [3.05, 3.63) is 66.2 Å². The van der Waals surface area contributed by atoms with E-state index in [1.165, 1.54) is 0 Å². The predicted molar refractivity (Wildman–Crippen MR) is 119 cm³/mol. The topological polar surface area (TPSA) is 83.5 Å². The van der Waals surface area contributed by atoms with Crippen molar-refractivity contribution in [2.45, 2.75) is 41.0 Å². The number of hydrogen-bond donors (Lipinski definition) is 0. The number of hydrogen-bond acceptors (Lipinski definition) is 8. The molecule has 8 nitrogen and oxygen atoms in total. The molecule has 0 radical (unpaired) electrons. The molecule has 3 aliphatic heterocycles. The van der Waals surface area contributed by atoms with E-state index in [1.54, 1.807) is 37.4 Å². The highest BCUT2D eigenvalue weighted by molar-refractivity contribution is 7.92. The van der Waals surface area contributed by atoms with Crippen LogP contribution < -0.4 is 0 Å². The Morgan fingerprint density at radius 2 is 1.61 bits per heavy atom. The third kappa shape index (κ3) is 4.46. The summed E-state index contributed by atoms with van der Waals surface area (Å²) in [5, 5.41) is -0.906. The van der Waals surface area contributed by atoms with Gasteiger partial charge in [0.1, 0.15) is 17.5 Å². The van der Waals surface area contributed by atoms with Crippen molar-refractivity contribution in [1.29, 1.82) is 0 Å². The van der Waals surface area contributed by atoms with Crippen LogP contribution >= 0.6 is 0 Å². The number of nitrogens with zero attached hydrogens (tertiary/aromatic N) is 1. The average Bonchev–Trinajstić information content (AvgIpc) is 2.88. The Labute approximate surface area is 194 Å². The number of sulfone groups is 1. The van der Waals surface area contributed by atoms with E-state index >= 15 is 0 Å². The van der Waals surface area contributed by atoms with E-state index in [2.05, 4.69) is 4.90 Å². The number of ether oxygens (including phenoxy) is 5. The van der Waals surface area contributed by atoms with Gasteiger partial charge in [0.05, 0.1) is 30.8 Å². The Morgan fingerprint density at radius 3 is 2.27 bits per heavy atom. The van der Waals surface area contributed by atoms with E-state index in [0.717, 1.165) is 5.56 Å². The molecule has 0 spiro atoms. The van der Waals surface area contributed by atoms with Crippen molar-refractivity contribution in [3.8, 4) is 0 Å². The van der Waals surface area contributed by atoms with E-state index in [9.17, 15) is 8.42 Å². The van der Waals surface area contributed by atoms with Crippen LogP contribution in [0.15, 0.2) is 65.6 Å². The molecule has 0 N–H and O–H groups in total. The molecule has 6 atom stereocenters. The molecule has 0 bridgehead atoms. The van der Waals surface area contributed by atoms with Crippen LogP contribution in [-0.2, 0) is 33.5 Å². The van der Waals surface area contributed by atoms with Crippen LogP contribution in [0.2, 0.25) is 0 Å². The van der Waals surface area contributed by atoms with Crippen molar-refractivity contribution in [3.63, 3.8) is 0 Å². The molecule has 5 rings (SSSR count). The first-order valence-corrected chi connectivity index (χ1v) is 12.8. The highest BCUT2D eigenvalue weighted by Gasteiger charge is 2.57. The summed E-state index contributed by atoms with van der Waals surface area (Å²) >= 11 is 0. The fourth-order valence-corrected chi connectivity index (χ4v) is 7.03. The van der Waals surface area contributed by atoms with Crippen molar-refractivity contribution < 1.29 is 32.1 Å². The van der Waals surface area contributed by atoms with E-state index < -0.39 is 45.9 Å². The van der Waals surface area contributed by atoms with Crippen molar-refractivity contribution >= 4 is 9.84 Å². The smallest absolute Gasteiger partial charge is 0.185 e. The molecule has 0 amide bonds. The van der Waals surface area contributed by atoms with Gasteiger partial charge < -0.3 is 23.7 Å². The molecule has 9 heteroatoms. The van der Waals surface area contributed by atoms with E-state index in [4.69, 9.17) is 23.7 Å². The third-order valence-corrected chi connectivity index (χ3v) is 8.70. The summed E-state index contributed by atoms with van der Waals surface area (Å²) in [5.41, 5.74) is 0.837. The van der Waals surface area contributed by atoms with Gasteiger partial charge in [0.2, 0.25) is 0 Å². The van der Waals surface area contributed by atoms with Crippen molar-refractivity contribution in [1.82, 2.24) is 4.90 Å². The van der Waals surface area contributed by atoms with Gasteiger partial charge in [-0.15, -0.1) is 0 Å². The average molecular weight is 476 g/mol. The van der Waals surface area contributed by atoms with Gasteiger partial charge in [-0.05, 0) is 12.1 Å².